The monoisotopic (exact) mass is 278 g/mol. The Labute approximate surface area is 118 Å². The van der Waals surface area contributed by atoms with Crippen molar-refractivity contribution in [3.63, 3.8) is 0 Å². The summed E-state index contributed by atoms with van der Waals surface area (Å²) in [7, 11) is 0. The van der Waals surface area contributed by atoms with Gasteiger partial charge in [-0.15, -0.1) is 0 Å². The molecule has 0 amide bonds. The first-order valence-corrected chi connectivity index (χ1v) is 6.57. The normalized spacial score (nSPS) is 10.8. The number of nitrogens with zero attached hydrogens (tertiary/aromatic N) is 2. The van der Waals surface area contributed by atoms with Crippen LogP contribution in [0, 0.1) is 17.1 Å². The van der Waals surface area contributed by atoms with Gasteiger partial charge in [-0.05, 0) is 50.6 Å². The summed E-state index contributed by atoms with van der Waals surface area (Å²) in [6.45, 7) is 5.14. The zero-order chi connectivity index (χ0) is 15.1. The zero-order valence-electron chi connectivity index (χ0n) is 11.8. The van der Waals surface area contributed by atoms with Crippen molar-refractivity contribution in [3.05, 3.63) is 35.1 Å². The number of benzene rings is 1. The average molecular weight is 278 g/mol. The van der Waals surface area contributed by atoms with E-state index in [0.29, 0.717) is 25.1 Å². The zero-order valence-corrected chi connectivity index (χ0v) is 11.8. The Morgan fingerprint density at radius 2 is 2.15 bits per heavy atom. The molecule has 1 rings (SSSR count). The minimum absolute atomic E-state index is 0.121. The van der Waals surface area contributed by atoms with Crippen molar-refractivity contribution in [2.45, 2.75) is 39.3 Å². The number of rotatable bonds is 7. The Hall–Kier alpha value is -1.93. The van der Waals surface area contributed by atoms with E-state index in [9.17, 15) is 9.18 Å². The van der Waals surface area contributed by atoms with E-state index in [0.717, 1.165) is 5.56 Å². The van der Waals surface area contributed by atoms with Gasteiger partial charge in [-0.1, -0.05) is 0 Å². The molecule has 0 aromatic heterocycles. The predicted octanol–water partition coefficient (Wildman–Crippen LogP) is 2.77. The van der Waals surface area contributed by atoms with Crippen LogP contribution in [-0.4, -0.2) is 28.6 Å². The third-order valence-corrected chi connectivity index (χ3v) is 3.04. The van der Waals surface area contributed by atoms with Crippen molar-refractivity contribution in [1.29, 1.82) is 5.26 Å². The molecule has 0 unspecified atom stereocenters. The third kappa shape index (κ3) is 5.37. The highest BCUT2D eigenvalue weighted by molar-refractivity contribution is 5.66. The van der Waals surface area contributed by atoms with Crippen molar-refractivity contribution in [3.8, 4) is 6.07 Å². The Bertz CT molecular complexity index is 509. The molecule has 1 aromatic rings. The van der Waals surface area contributed by atoms with Gasteiger partial charge in [-0.3, -0.25) is 9.69 Å². The van der Waals surface area contributed by atoms with Gasteiger partial charge in [0.1, 0.15) is 5.82 Å². The second-order valence-electron chi connectivity index (χ2n) is 5.02. The fourth-order valence-corrected chi connectivity index (χ4v) is 1.99. The lowest BCUT2D eigenvalue weighted by atomic mass is 10.1. The molecule has 0 atom stereocenters. The van der Waals surface area contributed by atoms with Crippen LogP contribution in [0.2, 0.25) is 0 Å². The maximum absolute atomic E-state index is 13.4. The highest BCUT2D eigenvalue weighted by Gasteiger charge is 2.12. The number of carboxylic acid groups (broad SMARTS) is 1. The topological polar surface area (TPSA) is 64.3 Å². The van der Waals surface area contributed by atoms with Gasteiger partial charge in [0.25, 0.3) is 0 Å². The smallest absolute Gasteiger partial charge is 0.303 e. The summed E-state index contributed by atoms with van der Waals surface area (Å²) in [4.78, 5) is 12.6. The number of halogens is 1. The van der Waals surface area contributed by atoms with E-state index in [1.165, 1.54) is 12.1 Å². The van der Waals surface area contributed by atoms with Crippen molar-refractivity contribution >= 4 is 5.97 Å². The molecule has 108 valence electrons. The fraction of sp³-hybridized carbons (Fsp3) is 0.467. The van der Waals surface area contributed by atoms with Gasteiger partial charge < -0.3 is 5.11 Å². The molecule has 0 aliphatic rings. The Kier molecular flexibility index (Phi) is 6.13. The van der Waals surface area contributed by atoms with Crippen LogP contribution in [0.15, 0.2) is 18.2 Å². The van der Waals surface area contributed by atoms with E-state index < -0.39 is 11.8 Å². The molecule has 0 spiro atoms. The molecule has 0 aliphatic heterocycles. The van der Waals surface area contributed by atoms with Crippen LogP contribution in [0.1, 0.15) is 37.8 Å². The van der Waals surface area contributed by atoms with Gasteiger partial charge in [-0.25, -0.2) is 4.39 Å². The van der Waals surface area contributed by atoms with Crippen LogP contribution in [0.5, 0.6) is 0 Å². The van der Waals surface area contributed by atoms with E-state index in [1.807, 2.05) is 19.9 Å². The summed E-state index contributed by atoms with van der Waals surface area (Å²) in [5, 5.41) is 17.5. The minimum atomic E-state index is -0.814. The van der Waals surface area contributed by atoms with Crippen molar-refractivity contribution < 1.29 is 14.3 Å². The molecule has 0 bridgehead atoms. The largest absolute Gasteiger partial charge is 0.481 e. The number of nitriles is 1. The van der Waals surface area contributed by atoms with Gasteiger partial charge in [0, 0.05) is 19.0 Å². The van der Waals surface area contributed by atoms with Crippen molar-refractivity contribution in [1.82, 2.24) is 4.90 Å². The SMILES string of the molecule is CC(C)N(CCCC(=O)O)Cc1cc(F)cc(C#N)c1. The molecule has 0 radical (unpaired) electrons. The van der Waals surface area contributed by atoms with Crippen LogP contribution in [0.3, 0.4) is 0 Å². The molecule has 0 saturated heterocycles. The predicted molar refractivity (Wildman–Crippen MR) is 73.5 cm³/mol. The van der Waals surface area contributed by atoms with E-state index in [1.54, 1.807) is 6.07 Å². The van der Waals surface area contributed by atoms with Crippen molar-refractivity contribution in [2.75, 3.05) is 6.54 Å². The van der Waals surface area contributed by atoms with E-state index >= 15 is 0 Å². The molecule has 1 N–H and O–H groups in total. The first-order chi connectivity index (χ1) is 9.42. The van der Waals surface area contributed by atoms with Gasteiger partial charge in [0.05, 0.1) is 11.6 Å². The summed E-state index contributed by atoms with van der Waals surface area (Å²) in [6, 6.07) is 6.43. The highest BCUT2D eigenvalue weighted by atomic mass is 19.1. The fourth-order valence-electron chi connectivity index (χ4n) is 1.99. The lowest BCUT2D eigenvalue weighted by Crippen LogP contribution is -2.31. The Morgan fingerprint density at radius 3 is 2.70 bits per heavy atom. The lowest BCUT2D eigenvalue weighted by molar-refractivity contribution is -0.137. The molecule has 0 saturated carbocycles. The molecular weight excluding hydrogens is 259 g/mol. The molecule has 0 fully saturated rings. The van der Waals surface area contributed by atoms with E-state index in [-0.39, 0.29) is 12.5 Å². The number of hydrogen-bond donors (Lipinski definition) is 1. The molecule has 5 heteroatoms. The summed E-state index contributed by atoms with van der Waals surface area (Å²) >= 11 is 0. The second kappa shape index (κ2) is 7.61. The summed E-state index contributed by atoms with van der Waals surface area (Å²) < 4.78 is 13.4. The number of carbonyl (C=O) groups is 1. The molecule has 0 aliphatic carbocycles. The lowest BCUT2D eigenvalue weighted by Gasteiger charge is -2.26. The molecule has 0 heterocycles. The molecule has 1 aromatic carbocycles. The van der Waals surface area contributed by atoms with E-state index in [4.69, 9.17) is 10.4 Å². The first kappa shape index (κ1) is 16.1. The number of hydrogen-bond acceptors (Lipinski definition) is 3. The average Bonchev–Trinajstić information content (AvgIpc) is 2.36. The molecular formula is C15H19FN2O2. The van der Waals surface area contributed by atoms with Crippen LogP contribution < -0.4 is 0 Å². The highest BCUT2D eigenvalue weighted by Crippen LogP contribution is 2.13. The maximum Gasteiger partial charge on any atom is 0.303 e. The van der Waals surface area contributed by atoms with Crippen molar-refractivity contribution in [2.24, 2.45) is 0 Å². The van der Waals surface area contributed by atoms with Gasteiger partial charge in [-0.2, -0.15) is 5.26 Å². The quantitative estimate of drug-likeness (QED) is 0.833. The first-order valence-electron chi connectivity index (χ1n) is 6.57. The van der Waals surface area contributed by atoms with Gasteiger partial charge in [0.15, 0.2) is 0 Å². The van der Waals surface area contributed by atoms with E-state index in [2.05, 4.69) is 4.90 Å². The molecule has 4 nitrogen and oxygen atoms in total. The van der Waals surface area contributed by atoms with Crippen LogP contribution in [0.25, 0.3) is 0 Å². The standard InChI is InChI=1S/C15H19FN2O2/c1-11(2)18(5-3-4-15(19)20)10-13-6-12(9-17)7-14(16)8-13/h6-8,11H,3-5,10H2,1-2H3,(H,19,20). The number of carboxylic acids is 1. The molecule has 20 heavy (non-hydrogen) atoms. The summed E-state index contributed by atoms with van der Waals surface area (Å²) in [6.07, 6.45) is 0.670. The Balaban J connectivity index is 2.72. The van der Waals surface area contributed by atoms with Crippen LogP contribution in [0.4, 0.5) is 4.39 Å². The number of aliphatic carboxylic acids is 1. The summed E-state index contributed by atoms with van der Waals surface area (Å²) in [5.74, 6) is -1.24. The Morgan fingerprint density at radius 1 is 1.45 bits per heavy atom. The maximum atomic E-state index is 13.4. The third-order valence-electron chi connectivity index (χ3n) is 3.04. The second-order valence-corrected chi connectivity index (χ2v) is 5.02. The summed E-state index contributed by atoms with van der Waals surface area (Å²) in [5.41, 5.74) is 1.03. The van der Waals surface area contributed by atoms with Crippen LogP contribution in [-0.2, 0) is 11.3 Å². The van der Waals surface area contributed by atoms with Gasteiger partial charge in [0.2, 0.25) is 0 Å². The van der Waals surface area contributed by atoms with Crippen LogP contribution >= 0.6 is 0 Å². The minimum Gasteiger partial charge on any atom is -0.481 e. The van der Waals surface area contributed by atoms with Gasteiger partial charge >= 0.3 is 5.97 Å².